The summed E-state index contributed by atoms with van der Waals surface area (Å²) >= 11 is 7.48. The average molecular weight is 364 g/mol. The first kappa shape index (κ1) is 18.8. The van der Waals surface area contributed by atoms with Crippen molar-refractivity contribution in [2.75, 3.05) is 5.75 Å². The number of rotatable bonds is 7. The van der Waals surface area contributed by atoms with Crippen molar-refractivity contribution in [2.45, 2.75) is 49.8 Å². The lowest BCUT2D eigenvalue weighted by Gasteiger charge is -2.23. The molecule has 2 rings (SSSR count). The van der Waals surface area contributed by atoms with E-state index in [1.165, 1.54) is 6.42 Å². The Hall–Kier alpha value is -1.51. The molecule has 6 heteroatoms. The van der Waals surface area contributed by atoms with E-state index in [-0.39, 0.29) is 5.91 Å². The normalized spacial score (nSPS) is 19.0. The van der Waals surface area contributed by atoms with Crippen LogP contribution in [0.4, 0.5) is 0 Å². The molecule has 24 heavy (non-hydrogen) atoms. The number of nitriles is 1. The van der Waals surface area contributed by atoms with Gasteiger partial charge in [0.25, 0.3) is 0 Å². The fourth-order valence-corrected chi connectivity index (χ4v) is 3.72. The minimum atomic E-state index is -0.0615. The molecule has 1 fully saturated rings. The second kappa shape index (κ2) is 10.4. The lowest BCUT2D eigenvalue weighted by Crippen LogP contribution is -2.25. The van der Waals surface area contributed by atoms with Crippen LogP contribution in [0.25, 0.3) is 0 Å². The molecule has 0 heterocycles. The molecular formula is C18H22ClN3OS. The van der Waals surface area contributed by atoms with Gasteiger partial charge in [0.2, 0.25) is 5.91 Å². The molecule has 1 aromatic rings. The molecule has 0 unspecified atom stereocenters. The number of carbonyl (C=O) groups is 1. The second-order valence-electron chi connectivity index (χ2n) is 5.83. The van der Waals surface area contributed by atoms with Gasteiger partial charge in [0.05, 0.1) is 6.07 Å². The highest BCUT2D eigenvalue weighted by Gasteiger charge is 2.20. The summed E-state index contributed by atoms with van der Waals surface area (Å²) in [5.74, 6) is 0.992. The maximum absolute atomic E-state index is 11.9. The molecule has 1 N–H and O–H groups in total. The largest absolute Gasteiger partial charge is 0.273 e. The Morgan fingerprint density at radius 3 is 2.92 bits per heavy atom. The van der Waals surface area contributed by atoms with Gasteiger partial charge in [0.15, 0.2) is 0 Å². The zero-order chi connectivity index (χ0) is 17.2. The van der Waals surface area contributed by atoms with Crippen LogP contribution in [0.3, 0.4) is 0 Å². The van der Waals surface area contributed by atoms with Gasteiger partial charge < -0.3 is 0 Å². The summed E-state index contributed by atoms with van der Waals surface area (Å²) in [5.41, 5.74) is 3.74. The SMILES string of the molecule is N#CCC[C@H]1CCCC/C1=N/NC(=O)CCSc1ccc(Cl)cc1. The van der Waals surface area contributed by atoms with E-state index in [0.29, 0.717) is 29.5 Å². The Morgan fingerprint density at radius 2 is 2.17 bits per heavy atom. The minimum absolute atomic E-state index is 0.0615. The highest BCUT2D eigenvalue weighted by atomic mass is 35.5. The average Bonchev–Trinajstić information content (AvgIpc) is 2.60. The fraction of sp³-hybridized carbons (Fsp3) is 0.500. The van der Waals surface area contributed by atoms with E-state index in [4.69, 9.17) is 16.9 Å². The van der Waals surface area contributed by atoms with Crippen molar-refractivity contribution in [3.05, 3.63) is 29.3 Å². The summed E-state index contributed by atoms with van der Waals surface area (Å²) < 4.78 is 0. The zero-order valence-corrected chi connectivity index (χ0v) is 15.2. The van der Waals surface area contributed by atoms with Crippen molar-refractivity contribution in [3.8, 4) is 6.07 Å². The Bertz CT molecular complexity index is 610. The topological polar surface area (TPSA) is 65.2 Å². The van der Waals surface area contributed by atoms with E-state index < -0.39 is 0 Å². The lowest BCUT2D eigenvalue weighted by molar-refractivity contribution is -0.120. The Balaban J connectivity index is 1.74. The summed E-state index contributed by atoms with van der Waals surface area (Å²) in [6, 6.07) is 9.79. The number of hydrogen-bond acceptors (Lipinski definition) is 4. The molecule has 1 aliphatic carbocycles. The van der Waals surface area contributed by atoms with Gasteiger partial charge in [-0.1, -0.05) is 18.0 Å². The third-order valence-corrected chi connectivity index (χ3v) is 5.31. The van der Waals surface area contributed by atoms with Crippen LogP contribution in [0.5, 0.6) is 0 Å². The number of hydrogen-bond donors (Lipinski definition) is 1. The number of benzene rings is 1. The first-order valence-electron chi connectivity index (χ1n) is 8.29. The van der Waals surface area contributed by atoms with Crippen LogP contribution >= 0.6 is 23.4 Å². The van der Waals surface area contributed by atoms with Gasteiger partial charge in [0.1, 0.15) is 0 Å². The highest BCUT2D eigenvalue weighted by molar-refractivity contribution is 7.99. The molecular weight excluding hydrogens is 342 g/mol. The fourth-order valence-electron chi connectivity index (χ4n) is 2.75. The van der Waals surface area contributed by atoms with E-state index in [2.05, 4.69) is 16.6 Å². The van der Waals surface area contributed by atoms with E-state index in [9.17, 15) is 4.79 Å². The van der Waals surface area contributed by atoms with Gasteiger partial charge in [-0.05, 0) is 49.9 Å². The first-order valence-corrected chi connectivity index (χ1v) is 9.66. The lowest BCUT2D eigenvalue weighted by atomic mass is 9.84. The number of hydrazone groups is 1. The first-order chi connectivity index (χ1) is 11.7. The van der Waals surface area contributed by atoms with Crippen molar-refractivity contribution < 1.29 is 4.79 Å². The van der Waals surface area contributed by atoms with Crippen molar-refractivity contribution in [3.63, 3.8) is 0 Å². The standard InChI is InChI=1S/C18H22ClN3OS/c19-15-7-9-16(10-8-15)24-13-11-18(23)22-21-17-6-2-1-4-14(17)5-3-12-20/h7-10,14H,1-6,11,13H2,(H,22,23)/b21-17-/t14-/m1/s1. The van der Waals surface area contributed by atoms with E-state index in [0.717, 1.165) is 36.3 Å². The molecule has 4 nitrogen and oxygen atoms in total. The third-order valence-electron chi connectivity index (χ3n) is 4.05. The summed E-state index contributed by atoms with van der Waals surface area (Å²) in [4.78, 5) is 13.0. The monoisotopic (exact) mass is 363 g/mol. The zero-order valence-electron chi connectivity index (χ0n) is 13.6. The van der Waals surface area contributed by atoms with Crippen LogP contribution in [0, 0.1) is 17.2 Å². The van der Waals surface area contributed by atoms with Crippen molar-refractivity contribution in [2.24, 2.45) is 11.0 Å². The maximum Gasteiger partial charge on any atom is 0.240 e. The molecule has 0 aromatic heterocycles. The quantitative estimate of drug-likeness (QED) is 0.559. The minimum Gasteiger partial charge on any atom is -0.273 e. The van der Waals surface area contributed by atoms with Crippen LogP contribution < -0.4 is 5.43 Å². The number of amides is 1. The molecule has 1 amide bonds. The van der Waals surface area contributed by atoms with Crippen LogP contribution in [-0.2, 0) is 4.79 Å². The predicted molar refractivity (Wildman–Crippen MR) is 99.2 cm³/mol. The maximum atomic E-state index is 11.9. The summed E-state index contributed by atoms with van der Waals surface area (Å²) in [5, 5.41) is 13.8. The molecule has 128 valence electrons. The van der Waals surface area contributed by atoms with E-state index in [1.54, 1.807) is 11.8 Å². The summed E-state index contributed by atoms with van der Waals surface area (Å²) in [6.45, 7) is 0. The summed E-state index contributed by atoms with van der Waals surface area (Å²) in [7, 11) is 0. The molecule has 0 radical (unpaired) electrons. The molecule has 0 bridgehead atoms. The molecule has 0 saturated heterocycles. The molecule has 0 aliphatic heterocycles. The van der Waals surface area contributed by atoms with Gasteiger partial charge in [0, 0.05) is 40.1 Å². The Labute approximate surface area is 152 Å². The van der Waals surface area contributed by atoms with Crippen LogP contribution in [-0.4, -0.2) is 17.4 Å². The predicted octanol–water partition coefficient (Wildman–Crippen LogP) is 4.79. The molecule has 1 saturated carbocycles. The van der Waals surface area contributed by atoms with Gasteiger partial charge in [-0.25, -0.2) is 5.43 Å². The van der Waals surface area contributed by atoms with E-state index in [1.807, 2.05) is 24.3 Å². The number of nitrogens with one attached hydrogen (secondary N) is 1. The van der Waals surface area contributed by atoms with Crippen molar-refractivity contribution >= 4 is 35.0 Å². The van der Waals surface area contributed by atoms with E-state index >= 15 is 0 Å². The molecule has 1 aromatic carbocycles. The number of thioether (sulfide) groups is 1. The van der Waals surface area contributed by atoms with Crippen molar-refractivity contribution in [1.29, 1.82) is 5.26 Å². The van der Waals surface area contributed by atoms with Crippen LogP contribution in [0.15, 0.2) is 34.3 Å². The van der Waals surface area contributed by atoms with Gasteiger partial charge >= 0.3 is 0 Å². The molecule has 0 spiro atoms. The molecule has 1 atom stereocenters. The highest BCUT2D eigenvalue weighted by Crippen LogP contribution is 2.25. The summed E-state index contributed by atoms with van der Waals surface area (Å²) in [6.07, 6.45) is 6.11. The van der Waals surface area contributed by atoms with Gasteiger partial charge in [-0.3, -0.25) is 4.79 Å². The third kappa shape index (κ3) is 6.54. The second-order valence-corrected chi connectivity index (χ2v) is 7.43. The van der Waals surface area contributed by atoms with Gasteiger partial charge in [-0.15, -0.1) is 11.8 Å². The smallest absolute Gasteiger partial charge is 0.240 e. The van der Waals surface area contributed by atoms with Crippen molar-refractivity contribution in [1.82, 2.24) is 5.43 Å². The molecule has 1 aliphatic rings. The Morgan fingerprint density at radius 1 is 1.38 bits per heavy atom. The van der Waals surface area contributed by atoms with Crippen LogP contribution in [0.2, 0.25) is 5.02 Å². The number of halogens is 1. The number of carbonyl (C=O) groups excluding carboxylic acids is 1. The Kier molecular flexibility index (Phi) is 8.14. The van der Waals surface area contributed by atoms with Gasteiger partial charge in [-0.2, -0.15) is 10.4 Å². The number of nitrogens with zero attached hydrogens (tertiary/aromatic N) is 2. The van der Waals surface area contributed by atoms with Crippen LogP contribution in [0.1, 0.15) is 44.9 Å².